The third-order valence-electron chi connectivity index (χ3n) is 2.16. The average Bonchev–Trinajstić information content (AvgIpc) is 2.18. The van der Waals surface area contributed by atoms with Gasteiger partial charge in [-0.15, -0.1) is 0 Å². The van der Waals surface area contributed by atoms with Crippen LogP contribution in [-0.2, 0) is 0 Å². The summed E-state index contributed by atoms with van der Waals surface area (Å²) in [4.78, 5) is 2.13. The smallest absolute Gasteiger partial charge is 0.0437 e. The highest BCUT2D eigenvalue weighted by molar-refractivity contribution is 14.1. The lowest BCUT2D eigenvalue weighted by Crippen LogP contribution is -2.10. The number of hydrogen-bond acceptors (Lipinski definition) is 1. The van der Waals surface area contributed by atoms with E-state index in [1.54, 1.807) is 0 Å². The van der Waals surface area contributed by atoms with Crippen molar-refractivity contribution < 1.29 is 0 Å². The van der Waals surface area contributed by atoms with E-state index in [9.17, 15) is 0 Å². The van der Waals surface area contributed by atoms with Crippen LogP contribution < -0.4 is 4.90 Å². The summed E-state index contributed by atoms with van der Waals surface area (Å²) < 4.78 is 1.12. The van der Waals surface area contributed by atoms with Gasteiger partial charge >= 0.3 is 0 Å². The van der Waals surface area contributed by atoms with Crippen LogP contribution in [0.5, 0.6) is 0 Å². The van der Waals surface area contributed by atoms with Gasteiger partial charge in [0.25, 0.3) is 0 Å². The first-order valence-electron chi connectivity index (χ1n) is 4.67. The number of anilines is 1. The summed E-state index contributed by atoms with van der Waals surface area (Å²) in [6.07, 6.45) is 1.06. The van der Waals surface area contributed by atoms with Gasteiger partial charge in [0, 0.05) is 29.8 Å². The summed E-state index contributed by atoms with van der Waals surface area (Å²) in [5.41, 5.74) is 3.75. The van der Waals surface area contributed by atoms with Gasteiger partial charge in [-0.3, -0.25) is 0 Å². The molecule has 0 unspecified atom stereocenters. The monoisotopic (exact) mass is 301 g/mol. The van der Waals surface area contributed by atoms with Crippen LogP contribution in [0.3, 0.4) is 0 Å². The molecule has 1 aromatic rings. The van der Waals surface area contributed by atoms with Gasteiger partial charge < -0.3 is 4.90 Å². The first-order chi connectivity index (χ1) is 6.66. The quantitative estimate of drug-likeness (QED) is 0.607. The molecule has 0 aromatic heterocycles. The van der Waals surface area contributed by atoms with Gasteiger partial charge in [-0.05, 0) is 18.1 Å². The molecule has 0 radical (unpaired) electrons. The molecular weight excluding hydrogens is 285 g/mol. The number of halogens is 1. The van der Waals surface area contributed by atoms with Crippen molar-refractivity contribution in [2.75, 3.05) is 23.4 Å². The van der Waals surface area contributed by atoms with E-state index in [1.165, 1.54) is 16.8 Å². The number of alkyl halides is 1. The Hall–Kier alpha value is -0.510. The molecule has 1 rings (SSSR count). The zero-order chi connectivity index (χ0) is 10.6. The molecule has 76 valence electrons. The highest BCUT2D eigenvalue weighted by Gasteiger charge is 2.05. The molecule has 0 amide bonds. The SMILES string of the molecule is C=C(CCI)c1ccccc1N(C)C. The van der Waals surface area contributed by atoms with Crippen LogP contribution in [0, 0.1) is 0 Å². The normalized spacial score (nSPS) is 9.93. The average molecular weight is 301 g/mol. The van der Waals surface area contributed by atoms with Gasteiger partial charge in [0.1, 0.15) is 0 Å². The molecule has 2 heteroatoms. The Kier molecular flexibility index (Phi) is 4.45. The Bertz CT molecular complexity index is 318. The number of allylic oxidation sites excluding steroid dienone is 1. The van der Waals surface area contributed by atoms with Crippen LogP contribution in [0.2, 0.25) is 0 Å². The van der Waals surface area contributed by atoms with Crippen LogP contribution in [0.25, 0.3) is 5.57 Å². The van der Waals surface area contributed by atoms with Crippen LogP contribution in [-0.4, -0.2) is 18.5 Å². The van der Waals surface area contributed by atoms with Crippen molar-refractivity contribution in [3.8, 4) is 0 Å². The first kappa shape index (κ1) is 11.6. The predicted octanol–water partition coefficient (Wildman–Crippen LogP) is 3.59. The minimum Gasteiger partial charge on any atom is -0.377 e. The summed E-state index contributed by atoms with van der Waals surface area (Å²) in [6, 6.07) is 8.41. The Morgan fingerprint density at radius 3 is 2.57 bits per heavy atom. The Labute approximate surface area is 100.0 Å². The topological polar surface area (TPSA) is 3.24 Å². The standard InChI is InChI=1S/C12H16IN/c1-10(8-9-13)11-6-4-5-7-12(11)14(2)3/h4-7H,1,8-9H2,2-3H3. The fraction of sp³-hybridized carbons (Fsp3) is 0.333. The second-order valence-electron chi connectivity index (χ2n) is 3.45. The number of hydrogen-bond donors (Lipinski definition) is 0. The molecule has 0 fully saturated rings. The molecule has 1 nitrogen and oxygen atoms in total. The van der Waals surface area contributed by atoms with Crippen LogP contribution in [0.1, 0.15) is 12.0 Å². The van der Waals surface area contributed by atoms with E-state index in [2.05, 4.69) is 72.4 Å². The van der Waals surface area contributed by atoms with Gasteiger partial charge in [-0.1, -0.05) is 47.4 Å². The molecule has 0 N–H and O–H groups in total. The lowest BCUT2D eigenvalue weighted by Gasteiger charge is -2.18. The van der Waals surface area contributed by atoms with Crippen molar-refractivity contribution in [3.05, 3.63) is 36.4 Å². The summed E-state index contributed by atoms with van der Waals surface area (Å²) in [5.74, 6) is 0. The number of rotatable bonds is 4. The summed E-state index contributed by atoms with van der Waals surface area (Å²) in [6.45, 7) is 4.13. The van der Waals surface area contributed by atoms with Gasteiger partial charge in [-0.25, -0.2) is 0 Å². The largest absolute Gasteiger partial charge is 0.377 e. The van der Waals surface area contributed by atoms with Gasteiger partial charge in [0.2, 0.25) is 0 Å². The van der Waals surface area contributed by atoms with Crippen LogP contribution in [0.4, 0.5) is 5.69 Å². The van der Waals surface area contributed by atoms with Crippen LogP contribution >= 0.6 is 22.6 Å². The van der Waals surface area contributed by atoms with Crippen LogP contribution in [0.15, 0.2) is 30.8 Å². The molecule has 0 saturated carbocycles. The van der Waals surface area contributed by atoms with E-state index >= 15 is 0 Å². The Balaban J connectivity index is 3.00. The summed E-state index contributed by atoms with van der Waals surface area (Å²) >= 11 is 2.38. The molecule has 0 saturated heterocycles. The second kappa shape index (κ2) is 5.39. The molecule has 0 aliphatic heterocycles. The third-order valence-corrected chi connectivity index (χ3v) is 2.70. The van der Waals surface area contributed by atoms with Gasteiger partial charge in [0.15, 0.2) is 0 Å². The van der Waals surface area contributed by atoms with E-state index < -0.39 is 0 Å². The van der Waals surface area contributed by atoms with E-state index in [0.717, 1.165) is 10.8 Å². The number of para-hydroxylation sites is 1. The minimum atomic E-state index is 1.06. The minimum absolute atomic E-state index is 1.06. The maximum atomic E-state index is 4.13. The van der Waals surface area contributed by atoms with E-state index in [4.69, 9.17) is 0 Å². The molecule has 1 aromatic carbocycles. The third kappa shape index (κ3) is 2.74. The molecule has 0 aliphatic carbocycles. The fourth-order valence-electron chi connectivity index (χ4n) is 1.41. The van der Waals surface area contributed by atoms with Crippen molar-refractivity contribution in [3.63, 3.8) is 0 Å². The van der Waals surface area contributed by atoms with Crippen molar-refractivity contribution in [2.45, 2.75) is 6.42 Å². The molecule has 0 spiro atoms. The Morgan fingerprint density at radius 1 is 1.36 bits per heavy atom. The lowest BCUT2D eigenvalue weighted by molar-refractivity contribution is 1.12. The molecule has 0 atom stereocenters. The number of nitrogens with zero attached hydrogens (tertiary/aromatic N) is 1. The highest BCUT2D eigenvalue weighted by atomic mass is 127. The molecular formula is C12H16IN. The molecule has 0 aliphatic rings. The van der Waals surface area contributed by atoms with Crippen molar-refractivity contribution in [2.24, 2.45) is 0 Å². The van der Waals surface area contributed by atoms with Gasteiger partial charge in [-0.2, -0.15) is 0 Å². The van der Waals surface area contributed by atoms with Crippen molar-refractivity contribution in [1.82, 2.24) is 0 Å². The highest BCUT2D eigenvalue weighted by Crippen LogP contribution is 2.26. The zero-order valence-corrected chi connectivity index (χ0v) is 10.9. The molecule has 14 heavy (non-hydrogen) atoms. The molecule has 0 heterocycles. The predicted molar refractivity (Wildman–Crippen MR) is 73.3 cm³/mol. The maximum Gasteiger partial charge on any atom is 0.0437 e. The van der Waals surface area contributed by atoms with Crippen molar-refractivity contribution in [1.29, 1.82) is 0 Å². The van der Waals surface area contributed by atoms with E-state index in [-0.39, 0.29) is 0 Å². The summed E-state index contributed by atoms with van der Waals surface area (Å²) in [7, 11) is 4.13. The molecule has 0 bridgehead atoms. The van der Waals surface area contributed by atoms with Gasteiger partial charge in [0.05, 0.1) is 0 Å². The van der Waals surface area contributed by atoms with Crippen molar-refractivity contribution >= 4 is 33.9 Å². The second-order valence-corrected chi connectivity index (χ2v) is 4.53. The maximum absolute atomic E-state index is 4.13. The lowest BCUT2D eigenvalue weighted by atomic mass is 10.0. The fourth-order valence-corrected chi connectivity index (χ4v) is 2.06. The zero-order valence-electron chi connectivity index (χ0n) is 8.76. The number of benzene rings is 1. The van der Waals surface area contributed by atoms with E-state index in [0.29, 0.717) is 0 Å². The van der Waals surface area contributed by atoms with E-state index in [1.807, 2.05) is 0 Å². The Morgan fingerprint density at radius 2 is 2.00 bits per heavy atom. The summed E-state index contributed by atoms with van der Waals surface area (Å²) in [5, 5.41) is 0. The first-order valence-corrected chi connectivity index (χ1v) is 6.20.